The molecule has 4 rings (SSSR count). The molecule has 0 radical (unpaired) electrons. The van der Waals surface area contributed by atoms with Crippen LogP contribution in [0, 0.1) is 6.92 Å². The number of anilines is 1. The van der Waals surface area contributed by atoms with E-state index in [1.165, 1.54) is 0 Å². The molecule has 1 aliphatic heterocycles. The molecule has 144 valence electrons. The fraction of sp³-hybridized carbons (Fsp3) is 0.286. The zero-order valence-corrected chi connectivity index (χ0v) is 15.6. The van der Waals surface area contributed by atoms with Crippen molar-refractivity contribution in [3.8, 4) is 11.3 Å². The largest absolute Gasteiger partial charge is 0.376 e. The molecule has 0 saturated carbocycles. The van der Waals surface area contributed by atoms with Crippen LogP contribution < -0.4 is 10.9 Å². The van der Waals surface area contributed by atoms with E-state index in [1.54, 1.807) is 30.0 Å². The number of ether oxygens (including phenoxy) is 1. The Bertz CT molecular complexity index is 1030. The first kappa shape index (κ1) is 18.2. The zero-order chi connectivity index (χ0) is 19.5. The van der Waals surface area contributed by atoms with E-state index in [0.717, 1.165) is 25.0 Å². The molecule has 1 fully saturated rings. The maximum absolute atomic E-state index is 12.9. The number of carbonyl (C=O) groups excluding carboxylic acids is 1. The fourth-order valence-electron chi connectivity index (χ4n) is 3.48. The van der Waals surface area contributed by atoms with E-state index in [-0.39, 0.29) is 17.2 Å². The molecule has 1 aliphatic rings. The summed E-state index contributed by atoms with van der Waals surface area (Å²) in [6, 6.07) is 11.4. The van der Waals surface area contributed by atoms with Gasteiger partial charge in [-0.25, -0.2) is 0 Å². The summed E-state index contributed by atoms with van der Waals surface area (Å²) < 4.78 is 7.18. The first-order valence-electron chi connectivity index (χ1n) is 9.35. The van der Waals surface area contributed by atoms with Crippen molar-refractivity contribution in [1.82, 2.24) is 14.8 Å². The topological polar surface area (TPSA) is 89.0 Å². The van der Waals surface area contributed by atoms with Gasteiger partial charge in [0.15, 0.2) is 0 Å². The van der Waals surface area contributed by atoms with Crippen molar-refractivity contribution < 1.29 is 9.53 Å². The maximum Gasteiger partial charge on any atom is 0.263 e. The lowest BCUT2D eigenvalue weighted by Gasteiger charge is -2.14. The minimum atomic E-state index is -0.442. The summed E-state index contributed by atoms with van der Waals surface area (Å²) in [6.45, 7) is 2.95. The average molecular weight is 378 g/mol. The highest BCUT2D eigenvalue weighted by molar-refractivity contribution is 6.06. The number of aryl methyl sites for hydroxylation is 1. The molecular formula is C21H22N4O3. The molecule has 1 saturated heterocycles. The van der Waals surface area contributed by atoms with E-state index in [9.17, 15) is 9.59 Å². The highest BCUT2D eigenvalue weighted by Gasteiger charge is 2.21. The zero-order valence-electron chi connectivity index (χ0n) is 15.6. The van der Waals surface area contributed by atoms with Gasteiger partial charge in [0.25, 0.3) is 11.5 Å². The van der Waals surface area contributed by atoms with E-state index in [2.05, 4.69) is 15.5 Å². The Morgan fingerprint density at radius 1 is 1.32 bits per heavy atom. The molecule has 7 heteroatoms. The number of carbonyl (C=O) groups is 1. The van der Waals surface area contributed by atoms with Crippen LogP contribution in [0.25, 0.3) is 11.3 Å². The van der Waals surface area contributed by atoms with Crippen molar-refractivity contribution in [2.24, 2.45) is 0 Å². The Balaban J connectivity index is 1.61. The Morgan fingerprint density at radius 2 is 2.14 bits per heavy atom. The number of rotatable bonds is 5. The number of hydrogen-bond donors (Lipinski definition) is 2. The highest BCUT2D eigenvalue weighted by Crippen LogP contribution is 2.25. The molecule has 1 aromatic carbocycles. The summed E-state index contributed by atoms with van der Waals surface area (Å²) in [7, 11) is 0. The lowest BCUT2D eigenvalue weighted by molar-refractivity contribution is 0.0952. The number of benzene rings is 1. The van der Waals surface area contributed by atoms with Crippen molar-refractivity contribution in [3.63, 3.8) is 0 Å². The van der Waals surface area contributed by atoms with Gasteiger partial charge in [-0.15, -0.1) is 0 Å². The third kappa shape index (κ3) is 3.61. The van der Waals surface area contributed by atoms with Gasteiger partial charge in [-0.1, -0.05) is 30.3 Å². The van der Waals surface area contributed by atoms with Crippen molar-refractivity contribution in [2.75, 3.05) is 11.9 Å². The van der Waals surface area contributed by atoms with Crippen LogP contribution in [0.2, 0.25) is 0 Å². The quantitative estimate of drug-likeness (QED) is 0.714. The molecule has 1 atom stereocenters. The molecule has 2 aromatic heterocycles. The minimum absolute atomic E-state index is 0.0230. The third-order valence-corrected chi connectivity index (χ3v) is 4.97. The Morgan fingerprint density at radius 3 is 2.89 bits per heavy atom. The summed E-state index contributed by atoms with van der Waals surface area (Å²) >= 11 is 0. The summed E-state index contributed by atoms with van der Waals surface area (Å²) in [5, 5.41) is 9.77. The second-order valence-corrected chi connectivity index (χ2v) is 6.95. The third-order valence-electron chi connectivity index (χ3n) is 4.97. The number of nitrogens with one attached hydrogen (secondary N) is 2. The van der Waals surface area contributed by atoms with Gasteiger partial charge in [0.2, 0.25) is 0 Å². The van der Waals surface area contributed by atoms with Gasteiger partial charge in [0.05, 0.1) is 30.2 Å². The SMILES string of the molecule is Cc1ccn(CC2CCCO2)c(=O)c1C(=O)Nc1cn[nH]c1-c1ccccc1. The van der Waals surface area contributed by atoms with Gasteiger partial charge >= 0.3 is 0 Å². The molecule has 2 N–H and O–H groups in total. The van der Waals surface area contributed by atoms with Crippen LogP contribution in [0.5, 0.6) is 0 Å². The summed E-state index contributed by atoms with van der Waals surface area (Å²) in [5.41, 5.74) is 2.59. The van der Waals surface area contributed by atoms with Crippen LogP contribution in [0.15, 0.2) is 53.6 Å². The van der Waals surface area contributed by atoms with E-state index in [4.69, 9.17) is 4.74 Å². The molecule has 3 aromatic rings. The van der Waals surface area contributed by atoms with Gasteiger partial charge in [-0.3, -0.25) is 14.7 Å². The van der Waals surface area contributed by atoms with Crippen LogP contribution in [-0.2, 0) is 11.3 Å². The minimum Gasteiger partial charge on any atom is -0.376 e. The van der Waals surface area contributed by atoms with Gasteiger partial charge in [0.1, 0.15) is 5.56 Å². The summed E-state index contributed by atoms with van der Waals surface area (Å²) in [6.07, 6.45) is 5.22. The predicted octanol–water partition coefficient (Wildman–Crippen LogP) is 2.98. The average Bonchev–Trinajstić information content (AvgIpc) is 3.37. The Hall–Kier alpha value is -3.19. The van der Waals surface area contributed by atoms with Gasteiger partial charge < -0.3 is 14.6 Å². The van der Waals surface area contributed by atoms with Crippen LogP contribution in [0.4, 0.5) is 5.69 Å². The van der Waals surface area contributed by atoms with E-state index in [0.29, 0.717) is 23.5 Å². The predicted molar refractivity (Wildman–Crippen MR) is 106 cm³/mol. The number of aromatic amines is 1. The van der Waals surface area contributed by atoms with E-state index in [1.807, 2.05) is 30.3 Å². The number of hydrogen-bond acceptors (Lipinski definition) is 4. The lowest BCUT2D eigenvalue weighted by Crippen LogP contribution is -2.32. The lowest BCUT2D eigenvalue weighted by atomic mass is 10.1. The van der Waals surface area contributed by atoms with Crippen molar-refractivity contribution >= 4 is 11.6 Å². The maximum atomic E-state index is 12.9. The van der Waals surface area contributed by atoms with Gasteiger partial charge in [0, 0.05) is 18.4 Å². The molecule has 28 heavy (non-hydrogen) atoms. The Kier molecular flexibility index (Phi) is 5.08. The van der Waals surface area contributed by atoms with Crippen LogP contribution in [0.3, 0.4) is 0 Å². The summed E-state index contributed by atoms with van der Waals surface area (Å²) in [5.74, 6) is -0.442. The number of H-pyrrole nitrogens is 1. The van der Waals surface area contributed by atoms with E-state index < -0.39 is 5.91 Å². The van der Waals surface area contributed by atoms with Crippen molar-refractivity contribution in [1.29, 1.82) is 0 Å². The molecule has 0 aliphatic carbocycles. The molecule has 1 unspecified atom stereocenters. The first-order chi connectivity index (χ1) is 13.6. The molecule has 3 heterocycles. The standard InChI is InChI=1S/C21H22N4O3/c1-14-9-10-25(13-16-8-5-11-28-16)21(27)18(14)20(26)23-17-12-22-24-19(17)15-6-3-2-4-7-15/h2-4,6-7,9-10,12,16H,5,8,11,13H2,1H3,(H,22,24)(H,23,26). The molecule has 0 spiro atoms. The molecule has 1 amide bonds. The van der Waals surface area contributed by atoms with Gasteiger partial charge in [-0.2, -0.15) is 5.10 Å². The van der Waals surface area contributed by atoms with Crippen LogP contribution >= 0.6 is 0 Å². The van der Waals surface area contributed by atoms with Crippen LogP contribution in [-0.4, -0.2) is 33.4 Å². The van der Waals surface area contributed by atoms with Crippen LogP contribution in [0.1, 0.15) is 28.8 Å². The number of nitrogens with zero attached hydrogens (tertiary/aromatic N) is 2. The Labute approximate surface area is 162 Å². The van der Waals surface area contributed by atoms with Gasteiger partial charge in [-0.05, 0) is 31.4 Å². The molecule has 0 bridgehead atoms. The number of aromatic nitrogens is 3. The number of pyridine rings is 1. The van der Waals surface area contributed by atoms with Crippen molar-refractivity contribution in [3.05, 3.63) is 70.3 Å². The fourth-order valence-corrected chi connectivity index (χ4v) is 3.48. The van der Waals surface area contributed by atoms with E-state index >= 15 is 0 Å². The number of amides is 1. The second-order valence-electron chi connectivity index (χ2n) is 6.95. The van der Waals surface area contributed by atoms with Crippen molar-refractivity contribution in [2.45, 2.75) is 32.4 Å². The molecular weight excluding hydrogens is 356 g/mol. The second kappa shape index (κ2) is 7.82. The molecule has 7 nitrogen and oxygen atoms in total. The monoisotopic (exact) mass is 378 g/mol. The first-order valence-corrected chi connectivity index (χ1v) is 9.35. The normalized spacial score (nSPS) is 16.2. The smallest absolute Gasteiger partial charge is 0.263 e. The highest BCUT2D eigenvalue weighted by atomic mass is 16.5. The summed E-state index contributed by atoms with van der Waals surface area (Å²) in [4.78, 5) is 25.9.